The molecule has 0 aliphatic heterocycles. The lowest BCUT2D eigenvalue weighted by molar-refractivity contribution is -0.142. The zero-order valence-electron chi connectivity index (χ0n) is 18.8. The van der Waals surface area contributed by atoms with Crippen molar-refractivity contribution in [1.82, 2.24) is 0 Å². The molecule has 10 heteroatoms. The van der Waals surface area contributed by atoms with Gasteiger partial charge in [0.1, 0.15) is 18.5 Å². The molecule has 0 aliphatic rings. The number of hydrogen-bond donors (Lipinski definition) is 3. The predicted octanol–water partition coefficient (Wildman–Crippen LogP) is 3.49. The van der Waals surface area contributed by atoms with Crippen LogP contribution in [0.4, 0.5) is 10.5 Å². The van der Waals surface area contributed by atoms with E-state index < -0.39 is 24.3 Å². The van der Waals surface area contributed by atoms with Crippen LogP contribution in [0.5, 0.6) is 5.75 Å². The first kappa shape index (κ1) is 27.0. The fourth-order valence-corrected chi connectivity index (χ4v) is 3.16. The molecule has 2 aromatic carbocycles. The summed E-state index contributed by atoms with van der Waals surface area (Å²) in [7, 11) is 0. The number of thiol groups is 1. The van der Waals surface area contributed by atoms with Crippen molar-refractivity contribution in [2.75, 3.05) is 37.5 Å². The molecule has 0 fully saturated rings. The summed E-state index contributed by atoms with van der Waals surface area (Å²) < 4.78 is 22.2. The van der Waals surface area contributed by atoms with Crippen molar-refractivity contribution >= 4 is 30.4 Å². The first-order valence-electron chi connectivity index (χ1n) is 10.7. The van der Waals surface area contributed by atoms with Crippen LogP contribution in [-0.2, 0) is 19.0 Å². The third-order valence-electron chi connectivity index (χ3n) is 4.55. The van der Waals surface area contributed by atoms with Gasteiger partial charge in [-0.25, -0.2) is 4.79 Å². The standard InChI is InChI=1S/C24H28N2O7S/c1-2-30-21(10-12-32-22(28)16-34)23(18-4-3-5-20(14-18)31-13-11-27)33-24(29)26-19-8-6-17(15-25)7-9-19/h3-9,14,21,23,27,34H,2,10-13,16H2,1H3,(H,26,29)/t21-,23-/m0/s1. The second kappa shape index (κ2) is 14.8. The molecule has 0 heterocycles. The van der Waals surface area contributed by atoms with Gasteiger partial charge in [-0.3, -0.25) is 10.1 Å². The third kappa shape index (κ3) is 8.94. The quantitative estimate of drug-likeness (QED) is 0.289. The fourth-order valence-electron chi connectivity index (χ4n) is 3.06. The number of aliphatic hydroxyl groups is 1. The number of benzene rings is 2. The minimum Gasteiger partial charge on any atom is -0.491 e. The number of esters is 1. The molecule has 0 saturated heterocycles. The Morgan fingerprint density at radius 1 is 1.18 bits per heavy atom. The Hall–Kier alpha value is -3.26. The van der Waals surface area contributed by atoms with E-state index in [0.717, 1.165) is 0 Å². The van der Waals surface area contributed by atoms with E-state index in [9.17, 15) is 9.59 Å². The van der Waals surface area contributed by atoms with Crippen LogP contribution in [0, 0.1) is 11.3 Å². The molecule has 2 N–H and O–H groups in total. The molecule has 34 heavy (non-hydrogen) atoms. The molecular formula is C24H28N2O7S. The number of aliphatic hydroxyl groups excluding tert-OH is 1. The van der Waals surface area contributed by atoms with E-state index in [-0.39, 0.29) is 32.0 Å². The molecule has 2 atom stereocenters. The van der Waals surface area contributed by atoms with E-state index in [0.29, 0.717) is 29.2 Å². The van der Waals surface area contributed by atoms with Gasteiger partial charge < -0.3 is 24.1 Å². The highest BCUT2D eigenvalue weighted by Gasteiger charge is 2.28. The topological polar surface area (TPSA) is 127 Å². The predicted molar refractivity (Wildman–Crippen MR) is 128 cm³/mol. The van der Waals surface area contributed by atoms with Crippen LogP contribution < -0.4 is 10.1 Å². The first-order chi connectivity index (χ1) is 16.5. The lowest BCUT2D eigenvalue weighted by Gasteiger charge is -2.27. The Labute approximate surface area is 204 Å². The number of rotatable bonds is 13. The van der Waals surface area contributed by atoms with Gasteiger partial charge >= 0.3 is 12.1 Å². The summed E-state index contributed by atoms with van der Waals surface area (Å²) in [6.45, 7) is 2.17. The molecule has 0 radical (unpaired) electrons. The summed E-state index contributed by atoms with van der Waals surface area (Å²) in [5, 5.41) is 20.6. The minimum atomic E-state index is -0.856. The smallest absolute Gasteiger partial charge is 0.412 e. The van der Waals surface area contributed by atoms with E-state index in [2.05, 4.69) is 17.9 Å². The maximum Gasteiger partial charge on any atom is 0.412 e. The molecule has 2 aromatic rings. The number of amides is 1. The highest BCUT2D eigenvalue weighted by atomic mass is 32.1. The van der Waals surface area contributed by atoms with E-state index in [1.165, 1.54) is 0 Å². The summed E-state index contributed by atoms with van der Waals surface area (Å²) in [5.41, 5.74) is 1.52. The highest BCUT2D eigenvalue weighted by Crippen LogP contribution is 2.29. The van der Waals surface area contributed by atoms with Crippen LogP contribution in [0.25, 0.3) is 0 Å². The molecule has 0 bridgehead atoms. The summed E-state index contributed by atoms with van der Waals surface area (Å²) in [5.74, 6) is -0.0189. The molecule has 0 spiro atoms. The number of carbonyl (C=O) groups excluding carboxylic acids is 2. The molecule has 0 aliphatic carbocycles. The molecule has 1 amide bonds. The zero-order valence-corrected chi connectivity index (χ0v) is 19.7. The van der Waals surface area contributed by atoms with Gasteiger partial charge in [0, 0.05) is 18.7 Å². The number of hydrogen-bond acceptors (Lipinski definition) is 9. The molecule has 0 aromatic heterocycles. The van der Waals surface area contributed by atoms with Crippen LogP contribution in [0.3, 0.4) is 0 Å². The van der Waals surface area contributed by atoms with E-state index in [1.54, 1.807) is 55.5 Å². The Morgan fingerprint density at radius 3 is 2.59 bits per heavy atom. The molecule has 0 unspecified atom stereocenters. The van der Waals surface area contributed by atoms with Crippen LogP contribution in [0.15, 0.2) is 48.5 Å². The maximum atomic E-state index is 12.7. The number of carbonyl (C=O) groups is 2. The van der Waals surface area contributed by atoms with E-state index in [1.807, 2.05) is 6.07 Å². The Bertz CT molecular complexity index is 963. The van der Waals surface area contributed by atoms with E-state index in [4.69, 9.17) is 29.3 Å². The van der Waals surface area contributed by atoms with Crippen molar-refractivity contribution in [2.24, 2.45) is 0 Å². The lowest BCUT2D eigenvalue weighted by atomic mass is 10.0. The SMILES string of the molecule is CCO[C@@H](CCOC(=O)CS)[C@@H](OC(=O)Nc1ccc(C#N)cc1)c1cccc(OCCO)c1. The zero-order chi connectivity index (χ0) is 24.8. The number of nitrogens with one attached hydrogen (secondary N) is 1. The van der Waals surface area contributed by atoms with Gasteiger partial charge in [-0.1, -0.05) is 12.1 Å². The van der Waals surface area contributed by atoms with Gasteiger partial charge in [-0.15, -0.1) is 0 Å². The second-order valence-electron chi connectivity index (χ2n) is 6.95. The third-order valence-corrected chi connectivity index (χ3v) is 4.81. The van der Waals surface area contributed by atoms with Crippen LogP contribution in [0.2, 0.25) is 0 Å². The van der Waals surface area contributed by atoms with Crippen LogP contribution >= 0.6 is 12.6 Å². The van der Waals surface area contributed by atoms with Crippen molar-refractivity contribution in [2.45, 2.75) is 25.6 Å². The minimum absolute atomic E-state index is 0.0452. The van der Waals surface area contributed by atoms with Crippen molar-refractivity contribution in [3.63, 3.8) is 0 Å². The van der Waals surface area contributed by atoms with Gasteiger partial charge in [0.15, 0.2) is 6.10 Å². The van der Waals surface area contributed by atoms with Gasteiger partial charge in [-0.2, -0.15) is 17.9 Å². The molecule has 0 saturated carbocycles. The summed E-state index contributed by atoms with van der Waals surface area (Å²) >= 11 is 3.89. The number of nitrogens with zero attached hydrogens (tertiary/aromatic N) is 1. The molecule has 182 valence electrons. The van der Waals surface area contributed by atoms with Gasteiger partial charge in [0.2, 0.25) is 0 Å². The van der Waals surface area contributed by atoms with Crippen LogP contribution in [0.1, 0.15) is 30.6 Å². The summed E-state index contributed by atoms with van der Waals surface area (Å²) in [6.07, 6.45) is -1.94. The number of nitriles is 1. The van der Waals surface area contributed by atoms with E-state index >= 15 is 0 Å². The summed E-state index contributed by atoms with van der Waals surface area (Å²) in [4.78, 5) is 24.2. The van der Waals surface area contributed by atoms with Gasteiger partial charge in [0.25, 0.3) is 0 Å². The lowest BCUT2D eigenvalue weighted by Crippen LogP contribution is -2.30. The molecule has 9 nitrogen and oxygen atoms in total. The van der Waals surface area contributed by atoms with Crippen LogP contribution in [-0.4, -0.2) is 55.5 Å². The molecule has 2 rings (SSSR count). The van der Waals surface area contributed by atoms with Crippen molar-refractivity contribution in [3.05, 3.63) is 59.7 Å². The average molecular weight is 489 g/mol. The monoisotopic (exact) mass is 488 g/mol. The largest absolute Gasteiger partial charge is 0.491 e. The summed E-state index contributed by atoms with van der Waals surface area (Å²) in [6, 6.07) is 15.3. The average Bonchev–Trinajstić information content (AvgIpc) is 2.86. The van der Waals surface area contributed by atoms with Crippen molar-refractivity contribution in [1.29, 1.82) is 5.26 Å². The van der Waals surface area contributed by atoms with Gasteiger partial charge in [-0.05, 0) is 48.9 Å². The fraction of sp³-hybridized carbons (Fsp3) is 0.375. The van der Waals surface area contributed by atoms with Crippen molar-refractivity contribution < 1.29 is 33.6 Å². The maximum absolute atomic E-state index is 12.7. The Balaban J connectivity index is 2.24. The number of anilines is 1. The normalized spacial score (nSPS) is 12.2. The van der Waals surface area contributed by atoms with Gasteiger partial charge in [0.05, 0.1) is 30.6 Å². The first-order valence-corrected chi connectivity index (χ1v) is 11.3. The Morgan fingerprint density at radius 2 is 1.94 bits per heavy atom. The highest BCUT2D eigenvalue weighted by molar-refractivity contribution is 7.81. The Kier molecular flexibility index (Phi) is 11.7. The molecular weight excluding hydrogens is 460 g/mol. The number of ether oxygens (including phenoxy) is 4. The second-order valence-corrected chi connectivity index (χ2v) is 7.26. The van der Waals surface area contributed by atoms with Crippen molar-refractivity contribution in [3.8, 4) is 11.8 Å².